The molecule has 0 aromatic heterocycles. The minimum Gasteiger partial charge on any atom is -0.398 e. The van der Waals surface area contributed by atoms with Gasteiger partial charge in [0.1, 0.15) is 4.90 Å². The minimum absolute atomic E-state index is 0.0348. The Kier molecular flexibility index (Phi) is 3.77. The topological polar surface area (TPSA) is 72.2 Å². The second kappa shape index (κ2) is 4.81. The molecular formula is C12H16Cl2N2O2S. The Morgan fingerprint density at radius 1 is 1.42 bits per heavy atom. The van der Waals surface area contributed by atoms with E-state index in [1.807, 2.05) is 0 Å². The number of anilines is 1. The zero-order valence-electron chi connectivity index (χ0n) is 10.7. The highest BCUT2D eigenvalue weighted by atomic mass is 35.5. The summed E-state index contributed by atoms with van der Waals surface area (Å²) in [4.78, 5) is -0.1000. The van der Waals surface area contributed by atoms with E-state index >= 15 is 0 Å². The molecule has 0 heterocycles. The molecule has 0 spiro atoms. The fourth-order valence-corrected chi connectivity index (χ4v) is 4.13. The lowest BCUT2D eigenvalue weighted by Crippen LogP contribution is -2.27. The Labute approximate surface area is 123 Å². The van der Waals surface area contributed by atoms with Crippen LogP contribution in [0, 0.1) is 11.3 Å². The maximum Gasteiger partial charge on any atom is 0.244 e. The van der Waals surface area contributed by atoms with Crippen LogP contribution in [-0.2, 0) is 10.0 Å². The largest absolute Gasteiger partial charge is 0.398 e. The van der Waals surface area contributed by atoms with Gasteiger partial charge in [0, 0.05) is 11.6 Å². The molecule has 0 saturated heterocycles. The van der Waals surface area contributed by atoms with E-state index < -0.39 is 10.0 Å². The molecule has 19 heavy (non-hydrogen) atoms. The maximum absolute atomic E-state index is 12.2. The van der Waals surface area contributed by atoms with Crippen LogP contribution in [-0.4, -0.2) is 15.0 Å². The third kappa shape index (κ3) is 3.16. The number of hydrogen-bond acceptors (Lipinski definition) is 3. The number of nitrogen functional groups attached to an aromatic ring is 1. The van der Waals surface area contributed by atoms with Gasteiger partial charge < -0.3 is 5.73 Å². The van der Waals surface area contributed by atoms with Crippen molar-refractivity contribution in [3.05, 3.63) is 22.2 Å². The highest BCUT2D eigenvalue weighted by molar-refractivity contribution is 7.89. The molecule has 1 unspecified atom stereocenters. The fourth-order valence-electron chi connectivity index (χ4n) is 2.07. The summed E-state index contributed by atoms with van der Waals surface area (Å²) in [6, 6.07) is 2.75. The highest BCUT2D eigenvalue weighted by Crippen LogP contribution is 2.51. The summed E-state index contributed by atoms with van der Waals surface area (Å²) >= 11 is 11.7. The number of nitrogens with one attached hydrogen (secondary N) is 1. The van der Waals surface area contributed by atoms with Gasteiger partial charge in [0.25, 0.3) is 0 Å². The predicted molar refractivity (Wildman–Crippen MR) is 78.0 cm³/mol. The minimum atomic E-state index is -3.71. The van der Waals surface area contributed by atoms with E-state index in [1.165, 1.54) is 12.1 Å². The molecule has 1 aliphatic rings. The Morgan fingerprint density at radius 2 is 2.00 bits per heavy atom. The predicted octanol–water partition coefficient (Wildman–Crippen LogP) is 2.90. The molecule has 1 saturated carbocycles. The first-order valence-corrected chi connectivity index (χ1v) is 8.11. The fraction of sp³-hybridized carbons (Fsp3) is 0.500. The molecule has 106 valence electrons. The van der Waals surface area contributed by atoms with Crippen molar-refractivity contribution in [3.63, 3.8) is 0 Å². The van der Waals surface area contributed by atoms with Gasteiger partial charge in [0.2, 0.25) is 10.0 Å². The molecule has 1 aliphatic carbocycles. The van der Waals surface area contributed by atoms with E-state index in [1.54, 1.807) is 0 Å². The molecule has 0 bridgehead atoms. The number of sulfonamides is 1. The summed E-state index contributed by atoms with van der Waals surface area (Å²) in [7, 11) is -3.71. The first kappa shape index (κ1) is 14.9. The van der Waals surface area contributed by atoms with Crippen molar-refractivity contribution in [2.45, 2.75) is 25.2 Å². The second-order valence-corrected chi connectivity index (χ2v) is 8.09. The van der Waals surface area contributed by atoms with Crippen LogP contribution in [0.4, 0.5) is 5.69 Å². The van der Waals surface area contributed by atoms with Crippen LogP contribution >= 0.6 is 23.2 Å². The number of hydrogen-bond donors (Lipinski definition) is 2. The van der Waals surface area contributed by atoms with E-state index in [2.05, 4.69) is 18.6 Å². The van der Waals surface area contributed by atoms with Gasteiger partial charge in [-0.2, -0.15) is 0 Å². The third-order valence-corrected chi connectivity index (χ3v) is 5.71. The molecule has 0 amide bonds. The van der Waals surface area contributed by atoms with Gasteiger partial charge in [0.15, 0.2) is 0 Å². The van der Waals surface area contributed by atoms with E-state index in [4.69, 9.17) is 28.9 Å². The van der Waals surface area contributed by atoms with Crippen molar-refractivity contribution in [3.8, 4) is 0 Å². The van der Waals surface area contributed by atoms with Crippen LogP contribution in [0.1, 0.15) is 20.3 Å². The number of halogens is 2. The lowest BCUT2D eigenvalue weighted by Gasteiger charge is -2.11. The van der Waals surface area contributed by atoms with Crippen molar-refractivity contribution < 1.29 is 8.42 Å². The molecular weight excluding hydrogens is 307 g/mol. The lowest BCUT2D eigenvalue weighted by molar-refractivity contribution is 0.538. The standard InChI is InChI=1S/C12H16Cl2N2O2S/c1-12(2)5-7(12)6-16-19(17,18)11-9(14)3-8(13)4-10(11)15/h3-4,7,16H,5-6,15H2,1-2H3. The smallest absolute Gasteiger partial charge is 0.244 e. The van der Waals surface area contributed by atoms with Crippen LogP contribution in [0.15, 0.2) is 17.0 Å². The summed E-state index contributed by atoms with van der Waals surface area (Å²) in [5.41, 5.74) is 5.96. The van der Waals surface area contributed by atoms with Gasteiger partial charge in [-0.15, -0.1) is 0 Å². The Hall–Kier alpha value is -0.490. The quantitative estimate of drug-likeness (QED) is 0.837. The summed E-state index contributed by atoms with van der Waals surface area (Å²) in [5.74, 6) is 0.356. The van der Waals surface area contributed by atoms with Crippen LogP contribution in [0.25, 0.3) is 0 Å². The van der Waals surface area contributed by atoms with Crippen LogP contribution in [0.5, 0.6) is 0 Å². The van der Waals surface area contributed by atoms with Gasteiger partial charge in [-0.05, 0) is 29.9 Å². The van der Waals surface area contributed by atoms with E-state index in [0.29, 0.717) is 17.5 Å². The summed E-state index contributed by atoms with van der Waals surface area (Å²) in [5, 5.41) is 0.345. The molecule has 3 N–H and O–H groups in total. The van der Waals surface area contributed by atoms with Crippen molar-refractivity contribution in [1.82, 2.24) is 4.72 Å². The van der Waals surface area contributed by atoms with Gasteiger partial charge in [-0.3, -0.25) is 0 Å². The molecule has 1 aromatic carbocycles. The maximum atomic E-state index is 12.2. The van der Waals surface area contributed by atoms with Gasteiger partial charge in [-0.1, -0.05) is 37.0 Å². The van der Waals surface area contributed by atoms with E-state index in [9.17, 15) is 8.42 Å². The number of benzene rings is 1. The molecule has 1 atom stereocenters. The van der Waals surface area contributed by atoms with E-state index in [0.717, 1.165) is 6.42 Å². The van der Waals surface area contributed by atoms with Crippen molar-refractivity contribution in [1.29, 1.82) is 0 Å². The van der Waals surface area contributed by atoms with Crippen molar-refractivity contribution in [2.24, 2.45) is 11.3 Å². The number of rotatable bonds is 4. The van der Waals surface area contributed by atoms with Gasteiger partial charge >= 0.3 is 0 Å². The Morgan fingerprint density at radius 3 is 2.47 bits per heavy atom. The van der Waals surface area contributed by atoms with Crippen LogP contribution < -0.4 is 10.5 Å². The Balaban J connectivity index is 2.20. The first-order chi connectivity index (χ1) is 8.63. The zero-order chi connectivity index (χ0) is 14.4. The molecule has 4 nitrogen and oxygen atoms in total. The molecule has 2 rings (SSSR count). The number of nitrogens with two attached hydrogens (primary N) is 1. The van der Waals surface area contributed by atoms with Gasteiger partial charge in [0.05, 0.1) is 10.7 Å². The molecule has 0 radical (unpaired) electrons. The Bertz CT molecular complexity index is 591. The van der Waals surface area contributed by atoms with Gasteiger partial charge in [-0.25, -0.2) is 13.1 Å². The molecule has 1 fully saturated rings. The monoisotopic (exact) mass is 322 g/mol. The summed E-state index contributed by atoms with van der Waals surface area (Å²) < 4.78 is 27.0. The average molecular weight is 323 g/mol. The summed E-state index contributed by atoms with van der Waals surface area (Å²) in [6.45, 7) is 4.61. The van der Waals surface area contributed by atoms with Crippen molar-refractivity contribution in [2.75, 3.05) is 12.3 Å². The molecule has 7 heteroatoms. The van der Waals surface area contributed by atoms with Crippen LogP contribution in [0.3, 0.4) is 0 Å². The van der Waals surface area contributed by atoms with Crippen LogP contribution in [0.2, 0.25) is 10.0 Å². The van der Waals surface area contributed by atoms with E-state index in [-0.39, 0.29) is 21.0 Å². The summed E-state index contributed by atoms with van der Waals surface area (Å²) in [6.07, 6.45) is 1.01. The normalized spacial score (nSPS) is 21.4. The first-order valence-electron chi connectivity index (χ1n) is 5.88. The second-order valence-electron chi connectivity index (χ2n) is 5.55. The zero-order valence-corrected chi connectivity index (χ0v) is 13.0. The molecule has 0 aliphatic heterocycles. The molecule has 1 aromatic rings. The third-order valence-electron chi connectivity index (χ3n) is 3.54. The van der Waals surface area contributed by atoms with Crippen molar-refractivity contribution >= 4 is 38.9 Å². The average Bonchev–Trinajstić information content (AvgIpc) is 2.81. The lowest BCUT2D eigenvalue weighted by atomic mass is 10.1. The highest BCUT2D eigenvalue weighted by Gasteiger charge is 2.45. The SMILES string of the molecule is CC1(C)CC1CNS(=O)(=O)c1c(N)cc(Cl)cc1Cl.